The van der Waals surface area contributed by atoms with E-state index >= 15 is 0 Å². The molecule has 0 bridgehead atoms. The summed E-state index contributed by atoms with van der Waals surface area (Å²) >= 11 is 0. The number of carbonyl (C=O) groups is 1. The molecule has 1 fully saturated rings. The lowest BCUT2D eigenvalue weighted by atomic mass is 10.1. The predicted octanol–water partition coefficient (Wildman–Crippen LogP) is 5.25. The number of hydrogen-bond donors (Lipinski definition) is 1. The van der Waals surface area contributed by atoms with Crippen LogP contribution >= 0.6 is 0 Å². The molecule has 0 spiro atoms. The van der Waals surface area contributed by atoms with Gasteiger partial charge in [0.05, 0.1) is 18.4 Å². The summed E-state index contributed by atoms with van der Waals surface area (Å²) in [5, 5.41) is 3.04. The van der Waals surface area contributed by atoms with Gasteiger partial charge in [-0.25, -0.2) is 4.98 Å². The van der Waals surface area contributed by atoms with Gasteiger partial charge in [-0.2, -0.15) is 8.42 Å². The quantitative estimate of drug-likeness (QED) is 0.175. The number of rotatable bonds is 20. The van der Waals surface area contributed by atoms with Crippen LogP contribution in [0.1, 0.15) is 101 Å². The van der Waals surface area contributed by atoms with Gasteiger partial charge in [-0.1, -0.05) is 78.1 Å². The van der Waals surface area contributed by atoms with Crippen molar-refractivity contribution in [3.05, 3.63) is 23.9 Å². The van der Waals surface area contributed by atoms with Gasteiger partial charge in [0.15, 0.2) is 0 Å². The third-order valence-corrected chi connectivity index (χ3v) is 7.58. The Kier molecular flexibility index (Phi) is 15.9. The molecular formula is C29H52N4O4S. The molecule has 0 atom stereocenters. The number of pyridine rings is 1. The molecule has 0 saturated carbocycles. The van der Waals surface area contributed by atoms with E-state index in [4.69, 9.17) is 4.18 Å². The highest BCUT2D eigenvalue weighted by Gasteiger charge is 2.18. The number of piperazine rings is 1. The molecule has 1 saturated heterocycles. The molecule has 0 unspecified atom stereocenters. The summed E-state index contributed by atoms with van der Waals surface area (Å²) in [6.07, 6.45) is 16.7. The van der Waals surface area contributed by atoms with E-state index < -0.39 is 10.1 Å². The SMILES string of the molecule is CC(C)CN1CCN(c2ccc(C(=O)NCCCCCCCCCCCCCCOS(C)(=O)=O)cn2)CC1. The van der Waals surface area contributed by atoms with Crippen LogP contribution in [0, 0.1) is 5.92 Å². The smallest absolute Gasteiger partial charge is 0.264 e. The van der Waals surface area contributed by atoms with Crippen molar-refractivity contribution in [2.75, 3.05) is 57.0 Å². The maximum absolute atomic E-state index is 12.4. The summed E-state index contributed by atoms with van der Waals surface area (Å²) in [5.74, 6) is 1.62. The van der Waals surface area contributed by atoms with E-state index in [0.717, 1.165) is 76.9 Å². The molecule has 0 aromatic carbocycles. The van der Waals surface area contributed by atoms with E-state index in [2.05, 4.69) is 33.9 Å². The highest BCUT2D eigenvalue weighted by molar-refractivity contribution is 7.85. The Morgan fingerprint density at radius 1 is 0.895 bits per heavy atom. The Hall–Kier alpha value is -1.71. The molecule has 218 valence electrons. The summed E-state index contributed by atoms with van der Waals surface area (Å²) in [7, 11) is -3.29. The average molecular weight is 553 g/mol. The third-order valence-electron chi connectivity index (χ3n) is 6.98. The average Bonchev–Trinajstić information content (AvgIpc) is 2.88. The summed E-state index contributed by atoms with van der Waals surface area (Å²) < 4.78 is 26.5. The highest BCUT2D eigenvalue weighted by atomic mass is 32.2. The van der Waals surface area contributed by atoms with E-state index in [1.165, 1.54) is 44.9 Å². The maximum atomic E-state index is 12.4. The number of anilines is 1. The van der Waals surface area contributed by atoms with Crippen LogP contribution in [0.3, 0.4) is 0 Å². The van der Waals surface area contributed by atoms with Crippen molar-refractivity contribution in [3.8, 4) is 0 Å². The monoisotopic (exact) mass is 552 g/mol. The number of unbranched alkanes of at least 4 members (excludes halogenated alkanes) is 11. The first-order valence-corrected chi connectivity index (χ1v) is 16.6. The van der Waals surface area contributed by atoms with Crippen LogP contribution in [-0.2, 0) is 14.3 Å². The van der Waals surface area contributed by atoms with Gasteiger partial charge >= 0.3 is 0 Å². The molecule has 1 aromatic heterocycles. The van der Waals surface area contributed by atoms with Gasteiger partial charge in [-0.05, 0) is 30.9 Å². The number of nitrogens with zero attached hydrogens (tertiary/aromatic N) is 3. The normalized spacial score (nSPS) is 14.8. The van der Waals surface area contributed by atoms with Crippen LogP contribution in [0.4, 0.5) is 5.82 Å². The first kappa shape index (κ1) is 32.5. The molecule has 1 aliphatic heterocycles. The van der Waals surface area contributed by atoms with Crippen molar-refractivity contribution in [1.82, 2.24) is 15.2 Å². The fraction of sp³-hybridized carbons (Fsp3) is 0.793. The van der Waals surface area contributed by atoms with Gasteiger partial charge < -0.3 is 10.2 Å². The van der Waals surface area contributed by atoms with Gasteiger partial charge in [-0.3, -0.25) is 13.9 Å². The van der Waals surface area contributed by atoms with Crippen molar-refractivity contribution in [1.29, 1.82) is 0 Å². The second kappa shape index (κ2) is 18.6. The van der Waals surface area contributed by atoms with E-state index in [0.29, 0.717) is 24.6 Å². The molecule has 2 heterocycles. The molecule has 1 aromatic rings. The standard InChI is InChI=1S/C29H52N4O4S/c1-26(2)25-32-19-21-33(22-20-32)28-17-16-27(24-31-28)29(34)30-18-14-12-10-8-6-4-5-7-9-11-13-15-23-37-38(3,35)36/h16-17,24,26H,4-15,18-23,25H2,1-3H3,(H,30,34). The molecule has 0 aliphatic carbocycles. The van der Waals surface area contributed by atoms with Crippen LogP contribution in [0.15, 0.2) is 18.3 Å². The van der Waals surface area contributed by atoms with Crippen LogP contribution in [0.2, 0.25) is 0 Å². The van der Waals surface area contributed by atoms with Crippen molar-refractivity contribution in [2.24, 2.45) is 5.92 Å². The Morgan fingerprint density at radius 2 is 1.45 bits per heavy atom. The number of nitrogens with one attached hydrogen (secondary N) is 1. The van der Waals surface area contributed by atoms with E-state index in [1.807, 2.05) is 12.1 Å². The Labute approximate surface area is 232 Å². The molecule has 38 heavy (non-hydrogen) atoms. The lowest BCUT2D eigenvalue weighted by Crippen LogP contribution is -2.47. The molecule has 0 radical (unpaired) electrons. The third kappa shape index (κ3) is 15.0. The Balaban J connectivity index is 1.42. The zero-order valence-electron chi connectivity index (χ0n) is 24.1. The topological polar surface area (TPSA) is 91.8 Å². The van der Waals surface area contributed by atoms with Crippen molar-refractivity contribution >= 4 is 21.8 Å². The van der Waals surface area contributed by atoms with E-state index in [9.17, 15) is 13.2 Å². The zero-order chi connectivity index (χ0) is 27.6. The van der Waals surface area contributed by atoms with Crippen molar-refractivity contribution in [3.63, 3.8) is 0 Å². The summed E-state index contributed by atoms with van der Waals surface area (Å²) in [5.41, 5.74) is 0.634. The molecule has 1 N–H and O–H groups in total. The van der Waals surface area contributed by atoms with Crippen LogP contribution < -0.4 is 10.2 Å². The molecule has 9 heteroatoms. The molecule has 1 amide bonds. The van der Waals surface area contributed by atoms with Crippen LogP contribution in [0.5, 0.6) is 0 Å². The number of amides is 1. The summed E-state index contributed by atoms with van der Waals surface area (Å²) in [4.78, 5) is 21.8. The van der Waals surface area contributed by atoms with Crippen molar-refractivity contribution in [2.45, 2.75) is 90.9 Å². The summed E-state index contributed by atoms with van der Waals surface area (Å²) in [6.45, 7) is 10.8. The lowest BCUT2D eigenvalue weighted by molar-refractivity contribution is 0.0952. The number of carbonyl (C=O) groups excluding carboxylic acids is 1. The van der Waals surface area contributed by atoms with Crippen molar-refractivity contribution < 1.29 is 17.4 Å². The first-order chi connectivity index (χ1) is 18.2. The van der Waals surface area contributed by atoms with Gasteiger partial charge in [0, 0.05) is 45.5 Å². The maximum Gasteiger partial charge on any atom is 0.264 e. The van der Waals surface area contributed by atoms with E-state index in [1.54, 1.807) is 6.20 Å². The summed E-state index contributed by atoms with van der Waals surface area (Å²) in [6, 6.07) is 3.87. The zero-order valence-corrected chi connectivity index (χ0v) is 24.9. The molecule has 2 rings (SSSR count). The van der Waals surface area contributed by atoms with Gasteiger partial charge in [-0.15, -0.1) is 0 Å². The minimum atomic E-state index is -3.29. The lowest BCUT2D eigenvalue weighted by Gasteiger charge is -2.36. The second-order valence-electron chi connectivity index (χ2n) is 11.1. The molecule has 1 aliphatic rings. The van der Waals surface area contributed by atoms with Crippen LogP contribution in [0.25, 0.3) is 0 Å². The van der Waals surface area contributed by atoms with Gasteiger partial charge in [0.2, 0.25) is 0 Å². The first-order valence-electron chi connectivity index (χ1n) is 14.8. The Bertz CT molecular complexity index is 869. The predicted molar refractivity (Wildman–Crippen MR) is 156 cm³/mol. The van der Waals surface area contributed by atoms with E-state index in [-0.39, 0.29) is 5.91 Å². The highest BCUT2D eigenvalue weighted by Crippen LogP contribution is 2.15. The molecule has 8 nitrogen and oxygen atoms in total. The Morgan fingerprint density at radius 3 is 1.95 bits per heavy atom. The van der Waals surface area contributed by atoms with Gasteiger partial charge in [0.1, 0.15) is 5.82 Å². The minimum absolute atomic E-state index is 0.0336. The van der Waals surface area contributed by atoms with Gasteiger partial charge in [0.25, 0.3) is 16.0 Å². The fourth-order valence-corrected chi connectivity index (χ4v) is 5.31. The van der Waals surface area contributed by atoms with Crippen LogP contribution in [-0.4, -0.2) is 76.3 Å². The number of hydrogen-bond acceptors (Lipinski definition) is 7. The second-order valence-corrected chi connectivity index (χ2v) is 12.8. The number of aromatic nitrogens is 1. The molecular weight excluding hydrogens is 500 g/mol. The fourth-order valence-electron chi connectivity index (χ4n) is 4.89. The largest absolute Gasteiger partial charge is 0.354 e. The minimum Gasteiger partial charge on any atom is -0.354 e.